The van der Waals surface area contributed by atoms with E-state index in [1.54, 1.807) is 6.07 Å². The Bertz CT molecular complexity index is 906. The number of carbonyl (C=O) groups excluding carboxylic acids is 2. The third-order valence-electron chi connectivity index (χ3n) is 3.14. The molecular formula is C15H14ClNO6S2. The summed E-state index contributed by atoms with van der Waals surface area (Å²) < 4.78 is 36.5. The van der Waals surface area contributed by atoms with Crippen molar-refractivity contribution in [3.8, 4) is 5.75 Å². The van der Waals surface area contributed by atoms with Crippen molar-refractivity contribution in [2.24, 2.45) is 0 Å². The zero-order chi connectivity index (χ0) is 18.6. The Morgan fingerprint density at radius 2 is 1.96 bits per heavy atom. The summed E-state index contributed by atoms with van der Waals surface area (Å²) in [6, 6.07) is 6.91. The number of Topliss-reactive ketones (excluding diaryl/α,β-unsaturated/α-hetero) is 1. The van der Waals surface area contributed by atoms with Gasteiger partial charge in [0.1, 0.15) is 10.6 Å². The van der Waals surface area contributed by atoms with Gasteiger partial charge in [0.15, 0.2) is 6.61 Å². The van der Waals surface area contributed by atoms with Crippen LogP contribution >= 0.6 is 22.9 Å². The summed E-state index contributed by atoms with van der Waals surface area (Å²) in [5.41, 5.74) is -0.0216. The number of hydrogen-bond acceptors (Lipinski definition) is 7. The van der Waals surface area contributed by atoms with Crippen molar-refractivity contribution in [1.82, 2.24) is 4.72 Å². The minimum atomic E-state index is -3.83. The average Bonchev–Trinajstić information content (AvgIpc) is 3.05. The molecule has 1 aromatic carbocycles. The summed E-state index contributed by atoms with van der Waals surface area (Å²) in [6.45, 7) is -0.476. The summed E-state index contributed by atoms with van der Waals surface area (Å²) in [6.07, 6.45) is 0. The fraction of sp³-hybridized carbons (Fsp3) is 0.200. The Balaban J connectivity index is 2.17. The predicted octanol–water partition coefficient (Wildman–Crippen LogP) is 2.36. The minimum absolute atomic E-state index is 0.0216. The highest BCUT2D eigenvalue weighted by atomic mass is 35.5. The molecule has 2 aromatic rings. The van der Waals surface area contributed by atoms with E-state index in [-0.39, 0.29) is 16.2 Å². The largest absolute Gasteiger partial charge is 0.495 e. The first-order chi connectivity index (χ1) is 11.8. The van der Waals surface area contributed by atoms with Gasteiger partial charge in [-0.15, -0.1) is 11.3 Å². The maximum absolute atomic E-state index is 12.1. The number of thiophene rings is 1. The number of sulfonamides is 1. The van der Waals surface area contributed by atoms with E-state index in [1.165, 1.54) is 32.4 Å². The van der Waals surface area contributed by atoms with Crippen LogP contribution in [0.15, 0.2) is 35.2 Å². The second-order valence-corrected chi connectivity index (χ2v) is 8.25. The molecule has 0 bridgehead atoms. The van der Waals surface area contributed by atoms with Crippen LogP contribution in [0.2, 0.25) is 4.34 Å². The number of esters is 1. The standard InChI is InChI=1S/C15H14ClNO6S2/c1-17-25(20,21)13-7-9(3-4-11(13)22-2)15(19)23-8-10(18)12-5-6-14(16)24-12/h3-7,17H,8H2,1-2H3. The third-order valence-corrected chi connectivity index (χ3v) is 5.85. The van der Waals surface area contributed by atoms with E-state index in [4.69, 9.17) is 21.1 Å². The summed E-state index contributed by atoms with van der Waals surface area (Å²) in [7, 11) is -1.28. The fourth-order valence-electron chi connectivity index (χ4n) is 1.87. The fourth-order valence-corrected chi connectivity index (χ4v) is 3.76. The second kappa shape index (κ2) is 7.96. The van der Waals surface area contributed by atoms with E-state index in [9.17, 15) is 18.0 Å². The van der Waals surface area contributed by atoms with Gasteiger partial charge in [0.2, 0.25) is 15.8 Å². The van der Waals surface area contributed by atoms with E-state index in [0.717, 1.165) is 17.4 Å². The first kappa shape index (κ1) is 19.4. The van der Waals surface area contributed by atoms with Crippen LogP contribution in [0.1, 0.15) is 20.0 Å². The lowest BCUT2D eigenvalue weighted by atomic mass is 10.2. The maximum atomic E-state index is 12.1. The highest BCUT2D eigenvalue weighted by Gasteiger charge is 2.21. The van der Waals surface area contributed by atoms with Crippen LogP contribution in [0.25, 0.3) is 0 Å². The third kappa shape index (κ3) is 4.57. The van der Waals surface area contributed by atoms with Crippen LogP contribution in [0.4, 0.5) is 0 Å². The van der Waals surface area contributed by atoms with Crippen LogP contribution in [-0.2, 0) is 14.8 Å². The topological polar surface area (TPSA) is 98.8 Å². The Morgan fingerprint density at radius 3 is 2.52 bits per heavy atom. The SMILES string of the molecule is CNS(=O)(=O)c1cc(C(=O)OCC(=O)c2ccc(Cl)s2)ccc1OC. The van der Waals surface area contributed by atoms with E-state index in [1.807, 2.05) is 0 Å². The van der Waals surface area contributed by atoms with Crippen molar-refractivity contribution < 1.29 is 27.5 Å². The Hall–Kier alpha value is -1.94. The molecule has 0 aliphatic carbocycles. The number of ether oxygens (including phenoxy) is 2. The lowest BCUT2D eigenvalue weighted by Gasteiger charge is -2.10. The molecule has 0 aliphatic heterocycles. The molecule has 0 saturated carbocycles. The highest BCUT2D eigenvalue weighted by Crippen LogP contribution is 2.25. The lowest BCUT2D eigenvalue weighted by Crippen LogP contribution is -2.20. The number of hydrogen-bond donors (Lipinski definition) is 1. The molecule has 2 rings (SSSR count). The van der Waals surface area contributed by atoms with Crippen LogP contribution in [0.3, 0.4) is 0 Å². The minimum Gasteiger partial charge on any atom is -0.495 e. The number of ketones is 1. The van der Waals surface area contributed by atoms with Crippen molar-refractivity contribution in [3.63, 3.8) is 0 Å². The first-order valence-electron chi connectivity index (χ1n) is 6.85. The zero-order valence-electron chi connectivity index (χ0n) is 13.2. The molecule has 0 amide bonds. The van der Waals surface area contributed by atoms with Crippen LogP contribution in [-0.4, -0.2) is 40.9 Å². The van der Waals surface area contributed by atoms with Gasteiger partial charge in [0.05, 0.1) is 21.9 Å². The number of nitrogens with one attached hydrogen (secondary N) is 1. The Morgan fingerprint density at radius 1 is 1.24 bits per heavy atom. The highest BCUT2D eigenvalue weighted by molar-refractivity contribution is 7.89. The summed E-state index contributed by atoms with van der Waals surface area (Å²) in [5, 5.41) is 0. The molecule has 134 valence electrons. The number of halogens is 1. The normalized spacial score (nSPS) is 11.2. The molecule has 0 fully saturated rings. The van der Waals surface area contributed by atoms with Gasteiger partial charge < -0.3 is 9.47 Å². The van der Waals surface area contributed by atoms with Gasteiger partial charge in [0, 0.05) is 0 Å². The number of benzene rings is 1. The molecule has 0 aliphatic rings. The lowest BCUT2D eigenvalue weighted by molar-refractivity contribution is 0.0475. The van der Waals surface area contributed by atoms with Crippen LogP contribution in [0, 0.1) is 0 Å². The Kier molecular flexibility index (Phi) is 6.17. The molecular weight excluding hydrogens is 390 g/mol. The number of methoxy groups -OCH3 is 1. The first-order valence-corrected chi connectivity index (χ1v) is 9.53. The van der Waals surface area contributed by atoms with Crippen molar-refractivity contribution >= 4 is 44.7 Å². The van der Waals surface area contributed by atoms with Crippen molar-refractivity contribution in [2.75, 3.05) is 20.8 Å². The summed E-state index contributed by atoms with van der Waals surface area (Å²) in [5.74, 6) is -1.15. The molecule has 7 nitrogen and oxygen atoms in total. The molecule has 0 saturated heterocycles. The predicted molar refractivity (Wildman–Crippen MR) is 93.2 cm³/mol. The van der Waals surface area contributed by atoms with E-state index < -0.39 is 28.4 Å². The van der Waals surface area contributed by atoms with Gasteiger partial charge in [-0.05, 0) is 37.4 Å². The van der Waals surface area contributed by atoms with Crippen LogP contribution < -0.4 is 9.46 Å². The summed E-state index contributed by atoms with van der Waals surface area (Å²) in [4.78, 5) is 24.2. The van der Waals surface area contributed by atoms with E-state index >= 15 is 0 Å². The van der Waals surface area contributed by atoms with Crippen LogP contribution in [0.5, 0.6) is 5.75 Å². The maximum Gasteiger partial charge on any atom is 0.338 e. The smallest absolute Gasteiger partial charge is 0.338 e. The Labute approximate surface area is 153 Å². The van der Waals surface area contributed by atoms with E-state index in [0.29, 0.717) is 9.21 Å². The second-order valence-electron chi connectivity index (χ2n) is 4.68. The average molecular weight is 404 g/mol. The molecule has 25 heavy (non-hydrogen) atoms. The van der Waals surface area contributed by atoms with Gasteiger partial charge in [-0.25, -0.2) is 17.9 Å². The van der Waals surface area contributed by atoms with Crippen molar-refractivity contribution in [3.05, 3.63) is 45.1 Å². The van der Waals surface area contributed by atoms with Crippen molar-refractivity contribution in [2.45, 2.75) is 4.90 Å². The van der Waals surface area contributed by atoms with Gasteiger partial charge in [-0.1, -0.05) is 11.6 Å². The van der Waals surface area contributed by atoms with Gasteiger partial charge in [-0.2, -0.15) is 0 Å². The number of rotatable bonds is 7. The molecule has 0 atom stereocenters. The van der Waals surface area contributed by atoms with Gasteiger partial charge in [-0.3, -0.25) is 4.79 Å². The van der Waals surface area contributed by atoms with Crippen molar-refractivity contribution in [1.29, 1.82) is 0 Å². The molecule has 1 aromatic heterocycles. The van der Waals surface area contributed by atoms with Gasteiger partial charge in [0.25, 0.3) is 0 Å². The number of carbonyl (C=O) groups is 2. The monoisotopic (exact) mass is 403 g/mol. The zero-order valence-corrected chi connectivity index (χ0v) is 15.6. The molecule has 10 heteroatoms. The van der Waals surface area contributed by atoms with E-state index in [2.05, 4.69) is 4.72 Å². The summed E-state index contributed by atoms with van der Waals surface area (Å²) >= 11 is 6.83. The van der Waals surface area contributed by atoms with Gasteiger partial charge >= 0.3 is 5.97 Å². The molecule has 1 heterocycles. The molecule has 0 radical (unpaired) electrons. The molecule has 1 N–H and O–H groups in total. The quantitative estimate of drug-likeness (QED) is 0.562. The molecule has 0 spiro atoms. The molecule has 0 unspecified atom stereocenters.